The summed E-state index contributed by atoms with van der Waals surface area (Å²) < 4.78 is 5.28. The molecule has 0 saturated heterocycles. The number of aromatic nitrogens is 2. The molecule has 0 amide bonds. The largest absolute Gasteiger partial charge is 0.339 e. The highest BCUT2D eigenvalue weighted by atomic mass is 35.5. The van der Waals surface area contributed by atoms with E-state index in [1.54, 1.807) is 0 Å². The van der Waals surface area contributed by atoms with Gasteiger partial charge in [0.05, 0.1) is 5.02 Å². The summed E-state index contributed by atoms with van der Waals surface area (Å²) in [6.07, 6.45) is 2.89. The molecule has 20 heavy (non-hydrogen) atoms. The van der Waals surface area contributed by atoms with E-state index in [4.69, 9.17) is 16.1 Å². The van der Waals surface area contributed by atoms with Gasteiger partial charge in [0.25, 0.3) is 0 Å². The van der Waals surface area contributed by atoms with Crippen molar-refractivity contribution in [3.63, 3.8) is 0 Å². The van der Waals surface area contributed by atoms with Gasteiger partial charge >= 0.3 is 0 Å². The van der Waals surface area contributed by atoms with Crippen molar-refractivity contribution in [3.05, 3.63) is 35.2 Å². The van der Waals surface area contributed by atoms with E-state index in [-0.39, 0.29) is 0 Å². The molecule has 1 N–H and O–H groups in total. The Balaban J connectivity index is 1.94. The second kappa shape index (κ2) is 7.41. The molecule has 108 valence electrons. The van der Waals surface area contributed by atoms with Crippen LogP contribution in [0.1, 0.15) is 32.6 Å². The number of hydrogen-bond acceptors (Lipinski definition) is 4. The van der Waals surface area contributed by atoms with Gasteiger partial charge in [-0.05, 0) is 38.4 Å². The molecule has 0 radical (unpaired) electrons. The van der Waals surface area contributed by atoms with Gasteiger partial charge in [0.15, 0.2) is 0 Å². The summed E-state index contributed by atoms with van der Waals surface area (Å²) in [5.74, 6) is 1.21. The molecule has 0 spiro atoms. The number of hydrogen-bond donors (Lipinski definition) is 1. The normalized spacial score (nSPS) is 12.6. The van der Waals surface area contributed by atoms with Crippen LogP contribution in [0.25, 0.3) is 11.4 Å². The van der Waals surface area contributed by atoms with Gasteiger partial charge in [0.2, 0.25) is 11.7 Å². The average molecular weight is 294 g/mol. The Kier molecular flexibility index (Phi) is 5.56. The highest BCUT2D eigenvalue weighted by Gasteiger charge is 2.12. The third-order valence-electron chi connectivity index (χ3n) is 3.12. The molecule has 0 saturated carbocycles. The lowest BCUT2D eigenvalue weighted by molar-refractivity contribution is 0.367. The van der Waals surface area contributed by atoms with Crippen molar-refractivity contribution in [1.82, 2.24) is 15.5 Å². The van der Waals surface area contributed by atoms with Crippen LogP contribution in [0.3, 0.4) is 0 Å². The summed E-state index contributed by atoms with van der Waals surface area (Å²) in [4.78, 5) is 4.40. The second-order valence-electron chi connectivity index (χ2n) is 4.89. The molecule has 0 aliphatic rings. The molecule has 1 heterocycles. The first-order valence-corrected chi connectivity index (χ1v) is 7.39. The predicted octanol–water partition coefficient (Wildman–Crippen LogP) is 3.71. The lowest BCUT2D eigenvalue weighted by Crippen LogP contribution is -2.27. The lowest BCUT2D eigenvalue weighted by Gasteiger charge is -2.10. The zero-order valence-corrected chi connectivity index (χ0v) is 12.7. The monoisotopic (exact) mass is 293 g/mol. The van der Waals surface area contributed by atoms with E-state index < -0.39 is 0 Å². The van der Waals surface area contributed by atoms with E-state index in [1.807, 2.05) is 24.3 Å². The third kappa shape index (κ3) is 4.05. The molecule has 0 fully saturated rings. The highest BCUT2D eigenvalue weighted by molar-refractivity contribution is 6.33. The zero-order valence-electron chi connectivity index (χ0n) is 11.9. The van der Waals surface area contributed by atoms with Crippen molar-refractivity contribution >= 4 is 11.6 Å². The van der Waals surface area contributed by atoms with Crippen molar-refractivity contribution in [2.24, 2.45) is 0 Å². The SMILES string of the molecule is CCCNC(C)CCc1nc(-c2ccccc2Cl)no1. The Labute approximate surface area is 124 Å². The number of nitrogens with zero attached hydrogens (tertiary/aromatic N) is 2. The van der Waals surface area contributed by atoms with E-state index in [0.29, 0.717) is 22.8 Å². The van der Waals surface area contributed by atoms with Crippen LogP contribution in [-0.4, -0.2) is 22.7 Å². The zero-order chi connectivity index (χ0) is 14.4. The molecule has 2 aromatic rings. The van der Waals surface area contributed by atoms with Crippen LogP contribution in [0, 0.1) is 0 Å². The minimum Gasteiger partial charge on any atom is -0.339 e. The molecule has 4 nitrogen and oxygen atoms in total. The van der Waals surface area contributed by atoms with Crippen LogP contribution in [0.4, 0.5) is 0 Å². The van der Waals surface area contributed by atoms with Crippen molar-refractivity contribution in [1.29, 1.82) is 0 Å². The maximum absolute atomic E-state index is 6.12. The van der Waals surface area contributed by atoms with E-state index in [2.05, 4.69) is 29.3 Å². The van der Waals surface area contributed by atoms with E-state index in [1.165, 1.54) is 0 Å². The Morgan fingerprint density at radius 1 is 1.35 bits per heavy atom. The summed E-state index contributed by atoms with van der Waals surface area (Å²) >= 11 is 6.12. The Morgan fingerprint density at radius 2 is 2.15 bits per heavy atom. The van der Waals surface area contributed by atoms with Crippen LogP contribution in [0.2, 0.25) is 5.02 Å². The molecule has 1 aromatic heterocycles. The summed E-state index contributed by atoms with van der Waals surface area (Å²) in [5.41, 5.74) is 0.807. The molecular weight excluding hydrogens is 274 g/mol. The standard InChI is InChI=1S/C15H20ClN3O/c1-3-10-17-11(2)8-9-14-18-15(19-20-14)12-6-4-5-7-13(12)16/h4-7,11,17H,3,8-10H2,1-2H3. The van der Waals surface area contributed by atoms with Gasteiger partial charge in [0, 0.05) is 18.0 Å². The molecule has 1 atom stereocenters. The minimum atomic E-state index is 0.450. The molecule has 1 aromatic carbocycles. The smallest absolute Gasteiger partial charge is 0.227 e. The lowest BCUT2D eigenvalue weighted by atomic mass is 10.2. The second-order valence-corrected chi connectivity index (χ2v) is 5.29. The fourth-order valence-corrected chi connectivity index (χ4v) is 2.16. The minimum absolute atomic E-state index is 0.450. The molecule has 2 rings (SSSR count). The summed E-state index contributed by atoms with van der Waals surface area (Å²) in [6, 6.07) is 7.96. The summed E-state index contributed by atoms with van der Waals surface area (Å²) in [5, 5.41) is 8.07. The van der Waals surface area contributed by atoms with Gasteiger partial charge in [-0.1, -0.05) is 35.8 Å². The van der Waals surface area contributed by atoms with Crippen molar-refractivity contribution < 1.29 is 4.52 Å². The van der Waals surface area contributed by atoms with Crippen LogP contribution in [0.15, 0.2) is 28.8 Å². The fourth-order valence-electron chi connectivity index (χ4n) is 1.94. The van der Waals surface area contributed by atoms with Gasteiger partial charge in [-0.25, -0.2) is 0 Å². The molecule has 0 aliphatic heterocycles. The maximum Gasteiger partial charge on any atom is 0.227 e. The van der Waals surface area contributed by atoms with Crippen LogP contribution >= 0.6 is 11.6 Å². The van der Waals surface area contributed by atoms with Crippen molar-refractivity contribution in [2.75, 3.05) is 6.54 Å². The summed E-state index contributed by atoms with van der Waals surface area (Å²) in [7, 11) is 0. The Morgan fingerprint density at radius 3 is 2.90 bits per heavy atom. The fraction of sp³-hybridized carbons (Fsp3) is 0.467. The maximum atomic E-state index is 6.12. The first-order valence-electron chi connectivity index (χ1n) is 7.01. The van der Waals surface area contributed by atoms with Crippen LogP contribution in [0.5, 0.6) is 0 Å². The number of halogens is 1. The van der Waals surface area contributed by atoms with Crippen LogP contribution in [-0.2, 0) is 6.42 Å². The number of benzene rings is 1. The van der Waals surface area contributed by atoms with Gasteiger partial charge in [0.1, 0.15) is 0 Å². The molecular formula is C15H20ClN3O. The van der Waals surface area contributed by atoms with Crippen LogP contribution < -0.4 is 5.32 Å². The Bertz CT molecular complexity index is 541. The molecule has 5 heteroatoms. The van der Waals surface area contributed by atoms with E-state index in [0.717, 1.165) is 31.4 Å². The van der Waals surface area contributed by atoms with Gasteiger partial charge in [-0.15, -0.1) is 0 Å². The first kappa shape index (κ1) is 15.0. The Hall–Kier alpha value is -1.39. The number of aryl methyl sites for hydroxylation is 1. The molecule has 0 aliphatic carbocycles. The number of rotatable bonds is 7. The topological polar surface area (TPSA) is 51.0 Å². The highest BCUT2D eigenvalue weighted by Crippen LogP contribution is 2.25. The molecule has 1 unspecified atom stereocenters. The van der Waals surface area contributed by atoms with Crippen molar-refractivity contribution in [3.8, 4) is 11.4 Å². The van der Waals surface area contributed by atoms with Gasteiger partial charge < -0.3 is 9.84 Å². The average Bonchev–Trinajstić information content (AvgIpc) is 2.92. The van der Waals surface area contributed by atoms with Crippen molar-refractivity contribution in [2.45, 2.75) is 39.2 Å². The third-order valence-corrected chi connectivity index (χ3v) is 3.45. The van der Waals surface area contributed by atoms with Gasteiger partial charge in [-0.2, -0.15) is 4.98 Å². The quantitative estimate of drug-likeness (QED) is 0.845. The predicted molar refractivity (Wildman–Crippen MR) is 80.8 cm³/mol. The van der Waals surface area contributed by atoms with E-state index >= 15 is 0 Å². The molecule has 0 bridgehead atoms. The van der Waals surface area contributed by atoms with Gasteiger partial charge in [-0.3, -0.25) is 0 Å². The summed E-state index contributed by atoms with van der Waals surface area (Å²) in [6.45, 7) is 5.37. The number of nitrogens with one attached hydrogen (secondary N) is 1. The first-order chi connectivity index (χ1) is 9.70. The van der Waals surface area contributed by atoms with E-state index in [9.17, 15) is 0 Å².